The number of rotatable bonds is 7. The molecule has 1 N–H and O–H groups in total. The Bertz CT molecular complexity index is 864. The van der Waals surface area contributed by atoms with E-state index in [-0.39, 0.29) is 11.9 Å². The highest BCUT2D eigenvalue weighted by atomic mass is 16.5. The summed E-state index contributed by atoms with van der Waals surface area (Å²) >= 11 is 0. The molecule has 6 heteroatoms. The first-order valence-electron chi connectivity index (χ1n) is 11.3. The van der Waals surface area contributed by atoms with E-state index in [9.17, 15) is 4.79 Å². The summed E-state index contributed by atoms with van der Waals surface area (Å²) < 4.78 is 5.04. The number of piperazine rings is 1. The van der Waals surface area contributed by atoms with Crippen molar-refractivity contribution in [3.8, 4) is 0 Å². The van der Waals surface area contributed by atoms with Gasteiger partial charge in [0.05, 0.1) is 6.20 Å². The fourth-order valence-corrected chi connectivity index (χ4v) is 4.82. The Labute approximate surface area is 179 Å². The molecule has 0 radical (unpaired) electrons. The van der Waals surface area contributed by atoms with Crippen LogP contribution < -0.4 is 10.2 Å². The SMILES string of the molecule is CCc1cccc(N2CCN(CCC3CC(NC(=O)c4oncc4C)C3)CC2)c1C. The lowest BCUT2D eigenvalue weighted by molar-refractivity contribution is 0.0840. The minimum atomic E-state index is -0.132. The van der Waals surface area contributed by atoms with E-state index in [1.165, 1.54) is 23.2 Å². The van der Waals surface area contributed by atoms with Gasteiger partial charge in [-0.05, 0) is 69.2 Å². The van der Waals surface area contributed by atoms with Crippen molar-refractivity contribution in [3.63, 3.8) is 0 Å². The van der Waals surface area contributed by atoms with Gasteiger partial charge in [-0.3, -0.25) is 9.69 Å². The quantitative estimate of drug-likeness (QED) is 0.756. The van der Waals surface area contributed by atoms with Crippen molar-refractivity contribution in [1.29, 1.82) is 0 Å². The largest absolute Gasteiger partial charge is 0.369 e. The number of benzene rings is 1. The summed E-state index contributed by atoms with van der Waals surface area (Å²) in [5, 5.41) is 6.76. The number of aromatic nitrogens is 1. The number of nitrogens with zero attached hydrogens (tertiary/aromatic N) is 3. The Hall–Kier alpha value is -2.34. The van der Waals surface area contributed by atoms with Gasteiger partial charge in [0.1, 0.15) is 0 Å². The van der Waals surface area contributed by atoms with Gasteiger partial charge in [-0.15, -0.1) is 0 Å². The minimum absolute atomic E-state index is 0.132. The summed E-state index contributed by atoms with van der Waals surface area (Å²) in [6.45, 7) is 12.0. The number of hydrogen-bond donors (Lipinski definition) is 1. The summed E-state index contributed by atoms with van der Waals surface area (Å²) in [6.07, 6.45) is 6.04. The van der Waals surface area contributed by atoms with E-state index < -0.39 is 0 Å². The zero-order valence-electron chi connectivity index (χ0n) is 18.5. The standard InChI is InChI=1S/C24H34N4O2/c1-4-20-6-5-7-22(18(20)3)28-12-10-27(11-13-28)9-8-19-14-21(15-19)26-24(29)23-17(2)16-25-30-23/h5-7,16,19,21H,4,8-15H2,1-3H3,(H,26,29). The molecule has 2 heterocycles. The van der Waals surface area contributed by atoms with Crippen LogP contribution in [0, 0.1) is 19.8 Å². The molecule has 2 aromatic rings. The second-order valence-corrected chi connectivity index (χ2v) is 8.88. The van der Waals surface area contributed by atoms with Crippen molar-refractivity contribution in [2.45, 2.75) is 52.5 Å². The molecule has 4 rings (SSSR count). The molecule has 1 saturated heterocycles. The van der Waals surface area contributed by atoms with E-state index in [1.807, 2.05) is 6.92 Å². The first kappa shape index (κ1) is 20.9. The number of carbonyl (C=O) groups is 1. The maximum absolute atomic E-state index is 12.2. The van der Waals surface area contributed by atoms with Gasteiger partial charge in [0.25, 0.3) is 5.91 Å². The van der Waals surface area contributed by atoms with E-state index in [0.29, 0.717) is 11.7 Å². The van der Waals surface area contributed by atoms with Crippen LogP contribution in [0.15, 0.2) is 28.9 Å². The highest BCUT2D eigenvalue weighted by Crippen LogP contribution is 2.31. The Balaban J connectivity index is 1.16. The summed E-state index contributed by atoms with van der Waals surface area (Å²) in [5.41, 5.74) is 5.10. The zero-order chi connectivity index (χ0) is 21.1. The number of hydrogen-bond acceptors (Lipinski definition) is 5. The van der Waals surface area contributed by atoms with Crippen molar-refractivity contribution >= 4 is 11.6 Å². The van der Waals surface area contributed by atoms with Gasteiger partial charge in [0.15, 0.2) is 0 Å². The van der Waals surface area contributed by atoms with E-state index >= 15 is 0 Å². The molecule has 6 nitrogen and oxygen atoms in total. The summed E-state index contributed by atoms with van der Waals surface area (Å²) in [5.74, 6) is 0.927. The predicted molar refractivity (Wildman–Crippen MR) is 119 cm³/mol. The smallest absolute Gasteiger partial charge is 0.290 e. The van der Waals surface area contributed by atoms with E-state index in [2.05, 4.69) is 52.3 Å². The Morgan fingerprint density at radius 3 is 2.63 bits per heavy atom. The highest BCUT2D eigenvalue weighted by molar-refractivity contribution is 5.92. The molecular weight excluding hydrogens is 376 g/mol. The molecular formula is C24H34N4O2. The number of carbonyl (C=O) groups excluding carboxylic acids is 1. The van der Waals surface area contributed by atoms with Crippen LogP contribution in [0.5, 0.6) is 0 Å². The fraction of sp³-hybridized carbons (Fsp3) is 0.583. The second kappa shape index (κ2) is 9.21. The van der Waals surface area contributed by atoms with Crippen LogP contribution in [0.25, 0.3) is 0 Å². The second-order valence-electron chi connectivity index (χ2n) is 8.88. The number of anilines is 1. The molecule has 30 heavy (non-hydrogen) atoms. The number of nitrogens with one attached hydrogen (secondary N) is 1. The molecule has 1 aliphatic heterocycles. The van der Waals surface area contributed by atoms with Gasteiger partial charge in [0, 0.05) is 43.5 Å². The molecule has 0 atom stereocenters. The zero-order valence-corrected chi connectivity index (χ0v) is 18.5. The summed E-state index contributed by atoms with van der Waals surface area (Å²) in [4.78, 5) is 17.3. The molecule has 0 unspecified atom stereocenters. The van der Waals surface area contributed by atoms with Crippen molar-refractivity contribution in [2.75, 3.05) is 37.6 Å². The Morgan fingerprint density at radius 1 is 1.20 bits per heavy atom. The van der Waals surface area contributed by atoms with Crippen LogP contribution in [-0.4, -0.2) is 54.7 Å². The maximum Gasteiger partial charge on any atom is 0.290 e. The van der Waals surface area contributed by atoms with E-state index in [1.54, 1.807) is 6.20 Å². The number of amides is 1. The van der Waals surface area contributed by atoms with E-state index in [4.69, 9.17) is 4.52 Å². The lowest BCUT2D eigenvalue weighted by atomic mass is 9.78. The van der Waals surface area contributed by atoms with Gasteiger partial charge in [-0.2, -0.15) is 0 Å². The van der Waals surface area contributed by atoms with Gasteiger partial charge in [-0.1, -0.05) is 24.2 Å². The van der Waals surface area contributed by atoms with Gasteiger partial charge in [-0.25, -0.2) is 0 Å². The van der Waals surface area contributed by atoms with Crippen molar-refractivity contribution in [1.82, 2.24) is 15.4 Å². The summed E-state index contributed by atoms with van der Waals surface area (Å²) in [7, 11) is 0. The molecule has 1 amide bonds. The third-order valence-corrected chi connectivity index (χ3v) is 6.89. The molecule has 2 fully saturated rings. The molecule has 2 aliphatic rings. The van der Waals surface area contributed by atoms with Gasteiger partial charge in [0.2, 0.25) is 5.76 Å². The average Bonchev–Trinajstić information content (AvgIpc) is 3.16. The van der Waals surface area contributed by atoms with Crippen LogP contribution >= 0.6 is 0 Å². The number of aryl methyl sites for hydroxylation is 2. The molecule has 0 spiro atoms. The topological polar surface area (TPSA) is 61.6 Å². The molecule has 1 aliphatic carbocycles. The first-order chi connectivity index (χ1) is 14.5. The lowest BCUT2D eigenvalue weighted by Gasteiger charge is -2.40. The monoisotopic (exact) mass is 410 g/mol. The molecule has 1 saturated carbocycles. The third-order valence-electron chi connectivity index (χ3n) is 6.89. The summed E-state index contributed by atoms with van der Waals surface area (Å²) in [6, 6.07) is 6.99. The molecule has 162 valence electrons. The van der Waals surface area contributed by atoms with Gasteiger partial charge < -0.3 is 14.7 Å². The van der Waals surface area contributed by atoms with Crippen molar-refractivity contribution in [3.05, 3.63) is 46.8 Å². The van der Waals surface area contributed by atoms with Crippen molar-refractivity contribution in [2.24, 2.45) is 5.92 Å². The van der Waals surface area contributed by atoms with Crippen LogP contribution in [0.2, 0.25) is 0 Å². The normalized spacial score (nSPS) is 22.0. The average molecular weight is 411 g/mol. The third kappa shape index (κ3) is 4.53. The molecule has 1 aromatic heterocycles. The molecule has 1 aromatic carbocycles. The first-order valence-corrected chi connectivity index (χ1v) is 11.3. The Morgan fingerprint density at radius 2 is 1.97 bits per heavy atom. The van der Waals surface area contributed by atoms with Crippen molar-refractivity contribution < 1.29 is 9.32 Å². The van der Waals surface area contributed by atoms with Crippen LogP contribution in [-0.2, 0) is 6.42 Å². The highest BCUT2D eigenvalue weighted by Gasteiger charge is 2.32. The fourth-order valence-electron chi connectivity index (χ4n) is 4.82. The van der Waals surface area contributed by atoms with Gasteiger partial charge >= 0.3 is 0 Å². The van der Waals surface area contributed by atoms with Crippen LogP contribution in [0.3, 0.4) is 0 Å². The lowest BCUT2D eigenvalue weighted by Crippen LogP contribution is -2.48. The molecule has 0 bridgehead atoms. The predicted octanol–water partition coefficient (Wildman–Crippen LogP) is 3.57. The Kier molecular flexibility index (Phi) is 6.42. The maximum atomic E-state index is 12.2. The minimum Gasteiger partial charge on any atom is -0.369 e. The van der Waals surface area contributed by atoms with Crippen LogP contribution in [0.4, 0.5) is 5.69 Å². The van der Waals surface area contributed by atoms with E-state index in [0.717, 1.165) is 57.5 Å². The van der Waals surface area contributed by atoms with Crippen LogP contribution in [0.1, 0.15) is 53.4 Å².